The van der Waals surface area contributed by atoms with Crippen LogP contribution >= 0.6 is 11.6 Å². The van der Waals surface area contributed by atoms with Gasteiger partial charge in [0.05, 0.1) is 11.4 Å². The number of hydrogen-bond donors (Lipinski definition) is 1. The van der Waals surface area contributed by atoms with Crippen molar-refractivity contribution in [2.24, 2.45) is 0 Å². The van der Waals surface area contributed by atoms with Crippen LogP contribution in [-0.4, -0.2) is 41.0 Å². The Labute approximate surface area is 241 Å². The molecule has 1 amide bonds. The zero-order chi connectivity index (χ0) is 28.5. The predicted molar refractivity (Wildman–Crippen MR) is 152 cm³/mol. The van der Waals surface area contributed by atoms with Crippen LogP contribution in [0.5, 0.6) is 17.2 Å². The molecule has 1 aromatic heterocycles. The number of ketones is 1. The summed E-state index contributed by atoms with van der Waals surface area (Å²) >= 11 is 6.36. The largest absolute Gasteiger partial charge is 0.488 e. The number of likely N-dealkylation sites (N-methyl/N-ethyl adjacent to an activating group) is 1. The highest BCUT2D eigenvalue weighted by Crippen LogP contribution is 2.49. The van der Waals surface area contributed by atoms with Gasteiger partial charge in [-0.2, -0.15) is 0 Å². The minimum atomic E-state index is -1.90. The van der Waals surface area contributed by atoms with Crippen molar-refractivity contribution < 1.29 is 28.9 Å². The van der Waals surface area contributed by atoms with Crippen LogP contribution in [0.3, 0.4) is 0 Å². The zero-order valence-electron chi connectivity index (χ0n) is 22.3. The highest BCUT2D eigenvalue weighted by atomic mass is 35.5. The number of aliphatic hydroxyl groups is 1. The fourth-order valence-electron chi connectivity index (χ4n) is 5.84. The number of carbonyl (C=O) groups is 2. The molecule has 0 unspecified atom stereocenters. The van der Waals surface area contributed by atoms with E-state index in [2.05, 4.69) is 0 Å². The van der Waals surface area contributed by atoms with Gasteiger partial charge in [-0.1, -0.05) is 23.2 Å². The van der Waals surface area contributed by atoms with Crippen LogP contribution < -0.4 is 19.1 Å². The Bertz CT molecular complexity index is 1770. The maximum Gasteiger partial charge on any atom is 0.265 e. The van der Waals surface area contributed by atoms with E-state index in [1.807, 2.05) is 38.1 Å². The minimum Gasteiger partial charge on any atom is -0.488 e. The number of ether oxygens (including phenoxy) is 3. The SMILES string of the molecule is CCN1C(=O)COc2ccc(C(=O)[C@@H]3Oc4ccc(Cl)cc4[C@@]3(O)c3cnc4c(c3)COc3ccc(C)cc3-4)cc21. The Morgan fingerprint density at radius 1 is 1.05 bits per heavy atom. The summed E-state index contributed by atoms with van der Waals surface area (Å²) in [6.45, 7) is 4.48. The second kappa shape index (κ2) is 9.33. The van der Waals surface area contributed by atoms with Crippen molar-refractivity contribution in [3.8, 4) is 28.5 Å². The summed E-state index contributed by atoms with van der Waals surface area (Å²) < 4.78 is 17.7. The van der Waals surface area contributed by atoms with Gasteiger partial charge in [0.1, 0.15) is 23.9 Å². The molecular formula is C32H25ClN2O6. The number of carbonyl (C=O) groups excluding carboxylic acids is 2. The van der Waals surface area contributed by atoms with Gasteiger partial charge in [0.25, 0.3) is 5.91 Å². The predicted octanol–water partition coefficient (Wildman–Crippen LogP) is 5.23. The quantitative estimate of drug-likeness (QED) is 0.337. The number of aryl methyl sites for hydroxylation is 1. The number of Topliss-reactive ketones (excluding diaryl/α,β-unsaturated/α-hetero) is 1. The van der Waals surface area contributed by atoms with Crippen LogP contribution in [0, 0.1) is 6.92 Å². The Hall–Kier alpha value is -4.40. The highest BCUT2D eigenvalue weighted by Gasteiger charge is 2.53. The molecule has 4 heterocycles. The van der Waals surface area contributed by atoms with Crippen LogP contribution in [-0.2, 0) is 17.0 Å². The third-order valence-corrected chi connectivity index (χ3v) is 8.13. The molecule has 3 aliphatic heterocycles. The molecule has 0 saturated heterocycles. The Balaban J connectivity index is 1.34. The Morgan fingerprint density at radius 2 is 1.83 bits per heavy atom. The van der Waals surface area contributed by atoms with E-state index >= 15 is 0 Å². The van der Waals surface area contributed by atoms with Crippen molar-refractivity contribution in [2.45, 2.75) is 32.2 Å². The van der Waals surface area contributed by atoms with Crippen molar-refractivity contribution in [3.05, 3.63) is 99.7 Å². The standard InChI is InChI=1S/C32H25ClN2O6/c1-3-35-24-12-18(5-8-27(24)40-16-28(35)36)30(37)31-32(38,23-13-21(33)6-9-26(23)41-31)20-11-19-15-39-25-7-4-17(2)10-22(25)29(19)34-14-20/h4-14,31,38H,3,15-16H2,1-2H3/t31-,32-/m0/s1. The monoisotopic (exact) mass is 568 g/mol. The number of hydrogen-bond acceptors (Lipinski definition) is 7. The number of amides is 1. The lowest BCUT2D eigenvalue weighted by Crippen LogP contribution is -2.45. The molecule has 1 N–H and O–H groups in total. The molecule has 0 aliphatic carbocycles. The molecule has 0 spiro atoms. The fraction of sp³-hybridized carbons (Fsp3) is 0.219. The summed E-state index contributed by atoms with van der Waals surface area (Å²) in [5.74, 6) is 0.936. The first-order valence-corrected chi connectivity index (χ1v) is 13.7. The van der Waals surface area contributed by atoms with Crippen molar-refractivity contribution in [1.82, 2.24) is 4.98 Å². The number of halogens is 1. The van der Waals surface area contributed by atoms with Crippen LogP contribution in [0.25, 0.3) is 11.3 Å². The lowest BCUT2D eigenvalue weighted by atomic mass is 9.80. The van der Waals surface area contributed by atoms with Crippen molar-refractivity contribution in [3.63, 3.8) is 0 Å². The summed E-state index contributed by atoms with van der Waals surface area (Å²) in [4.78, 5) is 32.9. The van der Waals surface area contributed by atoms with Gasteiger partial charge in [-0.25, -0.2) is 0 Å². The second-order valence-corrected chi connectivity index (χ2v) is 10.8. The average molecular weight is 569 g/mol. The topological polar surface area (TPSA) is 98.2 Å². The van der Waals surface area contributed by atoms with E-state index in [9.17, 15) is 14.7 Å². The number of benzene rings is 3. The maximum atomic E-state index is 14.1. The van der Waals surface area contributed by atoms with Gasteiger partial charge < -0.3 is 24.2 Å². The maximum absolute atomic E-state index is 14.1. The number of anilines is 1. The molecule has 4 aromatic rings. The number of aromatic nitrogens is 1. The van der Waals surface area contributed by atoms with E-state index in [0.717, 1.165) is 28.1 Å². The van der Waals surface area contributed by atoms with E-state index in [0.29, 0.717) is 39.9 Å². The summed E-state index contributed by atoms with van der Waals surface area (Å²) in [5, 5.41) is 12.9. The molecule has 3 aromatic carbocycles. The molecule has 7 rings (SSSR count). The van der Waals surface area contributed by atoms with Gasteiger partial charge in [-0.3, -0.25) is 14.6 Å². The smallest absolute Gasteiger partial charge is 0.265 e. The van der Waals surface area contributed by atoms with Gasteiger partial charge in [-0.05, 0) is 68.4 Å². The van der Waals surface area contributed by atoms with Gasteiger partial charge in [-0.15, -0.1) is 0 Å². The van der Waals surface area contributed by atoms with Crippen LogP contribution in [0.2, 0.25) is 5.02 Å². The Morgan fingerprint density at radius 3 is 2.66 bits per heavy atom. The molecule has 3 aliphatic rings. The first-order chi connectivity index (χ1) is 19.8. The van der Waals surface area contributed by atoms with Crippen LogP contribution in [0.4, 0.5) is 5.69 Å². The lowest BCUT2D eigenvalue weighted by Gasteiger charge is -2.31. The highest BCUT2D eigenvalue weighted by molar-refractivity contribution is 6.30. The molecule has 206 valence electrons. The lowest BCUT2D eigenvalue weighted by molar-refractivity contribution is -0.121. The van der Waals surface area contributed by atoms with Crippen molar-refractivity contribution in [1.29, 1.82) is 0 Å². The fourth-order valence-corrected chi connectivity index (χ4v) is 6.01. The molecule has 2 atom stereocenters. The molecule has 0 bridgehead atoms. The first-order valence-electron chi connectivity index (χ1n) is 13.3. The van der Waals surface area contributed by atoms with Crippen molar-refractivity contribution in [2.75, 3.05) is 18.1 Å². The van der Waals surface area contributed by atoms with Gasteiger partial charge in [0.2, 0.25) is 5.78 Å². The molecular weight excluding hydrogens is 544 g/mol. The molecule has 0 radical (unpaired) electrons. The third kappa shape index (κ3) is 3.89. The molecule has 41 heavy (non-hydrogen) atoms. The molecule has 8 nitrogen and oxygen atoms in total. The summed E-state index contributed by atoms with van der Waals surface area (Å²) in [6.07, 6.45) is 0.233. The van der Waals surface area contributed by atoms with Gasteiger partial charge >= 0.3 is 0 Å². The number of rotatable bonds is 4. The van der Waals surface area contributed by atoms with E-state index in [4.69, 9.17) is 30.8 Å². The first kappa shape index (κ1) is 25.6. The van der Waals surface area contributed by atoms with Gasteiger partial charge in [0.15, 0.2) is 18.3 Å². The normalized spacial score (nSPS) is 20.1. The Kier molecular flexibility index (Phi) is 5.81. The number of pyridine rings is 1. The van der Waals surface area contributed by atoms with E-state index in [1.54, 1.807) is 47.5 Å². The second-order valence-electron chi connectivity index (χ2n) is 10.4. The molecule has 9 heteroatoms. The third-order valence-electron chi connectivity index (χ3n) is 7.90. The summed E-state index contributed by atoms with van der Waals surface area (Å²) in [5.41, 5.74) is 3.08. The number of nitrogens with zero attached hydrogens (tertiary/aromatic N) is 2. The number of fused-ring (bicyclic) bond motifs is 5. The molecule has 0 fully saturated rings. The van der Waals surface area contributed by atoms with Crippen molar-refractivity contribution >= 4 is 29.0 Å². The van der Waals surface area contributed by atoms with E-state index in [1.165, 1.54) is 0 Å². The van der Waals surface area contributed by atoms with Crippen LogP contribution in [0.15, 0.2) is 66.9 Å². The van der Waals surface area contributed by atoms with Crippen LogP contribution in [0.1, 0.15) is 39.5 Å². The zero-order valence-corrected chi connectivity index (χ0v) is 23.1. The summed E-state index contributed by atoms with van der Waals surface area (Å²) in [7, 11) is 0. The van der Waals surface area contributed by atoms with Gasteiger partial charge in [0, 0.05) is 45.6 Å². The molecule has 0 saturated carbocycles. The average Bonchev–Trinajstić information content (AvgIpc) is 3.28. The van der Waals surface area contributed by atoms with E-state index < -0.39 is 17.5 Å². The summed E-state index contributed by atoms with van der Waals surface area (Å²) in [6, 6.07) is 17.5. The minimum absolute atomic E-state index is 0.0607. The van der Waals surface area contributed by atoms with E-state index in [-0.39, 0.29) is 24.7 Å².